The highest BCUT2D eigenvalue weighted by Crippen LogP contribution is 2.31. The van der Waals surface area contributed by atoms with Crippen molar-refractivity contribution in [3.05, 3.63) is 16.6 Å². The molecule has 2 aliphatic rings. The molecule has 0 aromatic carbocycles. The second kappa shape index (κ2) is 5.69. The first kappa shape index (κ1) is 15.2. The molecule has 0 spiro atoms. The van der Waals surface area contributed by atoms with Crippen molar-refractivity contribution >= 4 is 5.71 Å². The highest BCUT2D eigenvalue weighted by molar-refractivity contribution is 6.03. The fourth-order valence-electron chi connectivity index (χ4n) is 2.42. The second-order valence-electron chi connectivity index (χ2n) is 5.60. The molecule has 5 atom stereocenters. The van der Waals surface area contributed by atoms with Crippen LogP contribution >= 0.6 is 0 Å². The Balaban J connectivity index is 2.28. The fourth-order valence-corrected chi connectivity index (χ4v) is 2.42. The van der Waals surface area contributed by atoms with Gasteiger partial charge in [0.2, 0.25) is 0 Å². The van der Waals surface area contributed by atoms with E-state index in [1.165, 1.54) is 0 Å². The first-order valence-corrected chi connectivity index (χ1v) is 6.63. The topological polar surface area (TPSA) is 112 Å². The molecule has 0 aromatic rings. The third-order valence-electron chi connectivity index (χ3n) is 3.93. The maximum atomic E-state index is 11.1. The molecule has 20 heavy (non-hydrogen) atoms. The zero-order valence-electron chi connectivity index (χ0n) is 11.6. The predicted molar refractivity (Wildman–Crippen MR) is 72.4 cm³/mol. The summed E-state index contributed by atoms with van der Waals surface area (Å²) in [6.07, 6.45) is -1.22. The Labute approximate surface area is 117 Å². The second-order valence-corrected chi connectivity index (χ2v) is 5.60. The Kier molecular flexibility index (Phi) is 4.33. The lowest BCUT2D eigenvalue weighted by Gasteiger charge is -2.27. The summed E-state index contributed by atoms with van der Waals surface area (Å²) >= 11 is 0. The van der Waals surface area contributed by atoms with E-state index >= 15 is 0 Å². The molecular weight excluding hydrogens is 264 g/mol. The summed E-state index contributed by atoms with van der Waals surface area (Å²) in [4.78, 5) is 15.3. The minimum absolute atomic E-state index is 0.405. The van der Waals surface area contributed by atoms with E-state index in [4.69, 9.17) is 9.84 Å². The van der Waals surface area contributed by atoms with Crippen LogP contribution < -0.4 is 0 Å². The van der Waals surface area contributed by atoms with Gasteiger partial charge < -0.3 is 20.1 Å². The zero-order valence-corrected chi connectivity index (χ0v) is 11.6. The van der Waals surface area contributed by atoms with E-state index in [-0.39, 0.29) is 0 Å². The molecule has 7 heteroatoms. The van der Waals surface area contributed by atoms with Gasteiger partial charge in [-0.15, -0.1) is 4.91 Å². The van der Waals surface area contributed by atoms with Crippen LogP contribution in [-0.2, 0) is 4.74 Å². The van der Waals surface area contributed by atoms with Crippen molar-refractivity contribution in [3.63, 3.8) is 0 Å². The van der Waals surface area contributed by atoms with Gasteiger partial charge in [0.15, 0.2) is 6.23 Å². The van der Waals surface area contributed by atoms with Crippen LogP contribution in [0, 0.1) is 4.91 Å². The fraction of sp³-hybridized carbons (Fsp3) is 0.769. The standard InChI is InChI=1S/C13H20N2O5/c1-7-3-4-13(2,15-19)9(5-7)14-12-11(18)10(17)8(6-16)20-12/h5,8,10-12,16-18H,3-4,6H2,1-2H3. The molecule has 5 unspecified atom stereocenters. The first-order chi connectivity index (χ1) is 9.41. The molecule has 1 saturated heterocycles. The van der Waals surface area contributed by atoms with Gasteiger partial charge in [0.05, 0.1) is 12.3 Å². The van der Waals surface area contributed by atoms with E-state index < -0.39 is 36.7 Å². The van der Waals surface area contributed by atoms with E-state index in [2.05, 4.69) is 10.2 Å². The van der Waals surface area contributed by atoms with Crippen molar-refractivity contribution in [2.24, 2.45) is 10.2 Å². The lowest BCUT2D eigenvalue weighted by atomic mass is 9.83. The quantitative estimate of drug-likeness (QED) is 0.638. The van der Waals surface area contributed by atoms with Crippen molar-refractivity contribution < 1.29 is 20.1 Å². The molecule has 112 valence electrons. The molecule has 1 fully saturated rings. The van der Waals surface area contributed by atoms with Crippen LogP contribution in [0.2, 0.25) is 0 Å². The van der Waals surface area contributed by atoms with Gasteiger partial charge >= 0.3 is 0 Å². The van der Waals surface area contributed by atoms with Gasteiger partial charge in [-0.3, -0.25) is 4.99 Å². The van der Waals surface area contributed by atoms with Crippen molar-refractivity contribution in [1.82, 2.24) is 0 Å². The third-order valence-corrected chi connectivity index (χ3v) is 3.93. The SMILES string of the molecule is CC1=CC(=NC2OC(CO)C(O)C2O)C(C)(N=O)CC1. The summed E-state index contributed by atoms with van der Waals surface area (Å²) in [6.45, 7) is 3.21. The number of allylic oxidation sites excluding steroid dienone is 1. The van der Waals surface area contributed by atoms with Crippen LogP contribution in [0.15, 0.2) is 21.8 Å². The summed E-state index contributed by atoms with van der Waals surface area (Å²) in [7, 11) is 0. The van der Waals surface area contributed by atoms with Gasteiger partial charge in [-0.05, 0) is 32.8 Å². The number of nitrogens with zero attached hydrogens (tertiary/aromatic N) is 2. The average Bonchev–Trinajstić information content (AvgIpc) is 2.71. The molecular formula is C13H20N2O5. The lowest BCUT2D eigenvalue weighted by molar-refractivity contribution is -0.0194. The predicted octanol–water partition coefficient (Wildman–Crippen LogP) is 0.132. The average molecular weight is 284 g/mol. The highest BCUT2D eigenvalue weighted by Gasteiger charge is 2.44. The van der Waals surface area contributed by atoms with Gasteiger partial charge in [0, 0.05) is 0 Å². The molecule has 1 aliphatic carbocycles. The van der Waals surface area contributed by atoms with E-state index in [9.17, 15) is 15.1 Å². The Morgan fingerprint density at radius 3 is 2.70 bits per heavy atom. The van der Waals surface area contributed by atoms with Gasteiger partial charge in [-0.1, -0.05) is 10.7 Å². The number of aliphatic hydroxyl groups is 3. The maximum absolute atomic E-state index is 11.1. The molecule has 2 rings (SSSR count). The summed E-state index contributed by atoms with van der Waals surface area (Å²) in [6, 6.07) is 0. The van der Waals surface area contributed by atoms with Gasteiger partial charge in [-0.25, -0.2) is 0 Å². The van der Waals surface area contributed by atoms with E-state index in [0.717, 1.165) is 12.0 Å². The largest absolute Gasteiger partial charge is 0.394 e. The number of hydrogen-bond acceptors (Lipinski definition) is 7. The van der Waals surface area contributed by atoms with E-state index in [0.29, 0.717) is 12.1 Å². The summed E-state index contributed by atoms with van der Waals surface area (Å²) in [5, 5.41) is 31.8. The minimum atomic E-state index is -1.23. The van der Waals surface area contributed by atoms with Gasteiger partial charge in [0.1, 0.15) is 23.9 Å². The van der Waals surface area contributed by atoms with Crippen molar-refractivity contribution in [1.29, 1.82) is 0 Å². The van der Waals surface area contributed by atoms with Crippen molar-refractivity contribution in [3.8, 4) is 0 Å². The molecule has 0 amide bonds. The third kappa shape index (κ3) is 2.67. The lowest BCUT2D eigenvalue weighted by Crippen LogP contribution is -2.37. The molecule has 7 nitrogen and oxygen atoms in total. The monoisotopic (exact) mass is 284 g/mol. The maximum Gasteiger partial charge on any atom is 0.177 e. The van der Waals surface area contributed by atoms with Crippen LogP contribution in [0.1, 0.15) is 26.7 Å². The molecule has 3 N–H and O–H groups in total. The zero-order chi connectivity index (χ0) is 14.9. The Bertz CT molecular complexity index is 450. The summed E-state index contributed by atoms with van der Waals surface area (Å²) in [5.74, 6) is 0. The van der Waals surface area contributed by atoms with Crippen molar-refractivity contribution in [2.45, 2.75) is 56.8 Å². The Morgan fingerprint density at radius 1 is 1.45 bits per heavy atom. The number of aliphatic hydroxyl groups excluding tert-OH is 3. The number of hydrogen-bond donors (Lipinski definition) is 3. The molecule has 0 radical (unpaired) electrons. The van der Waals surface area contributed by atoms with Crippen LogP contribution in [-0.4, -0.2) is 57.7 Å². The molecule has 0 aromatic heterocycles. The molecule has 0 bridgehead atoms. The smallest absolute Gasteiger partial charge is 0.177 e. The number of ether oxygens (including phenoxy) is 1. The number of rotatable bonds is 3. The van der Waals surface area contributed by atoms with Crippen LogP contribution in [0.5, 0.6) is 0 Å². The minimum Gasteiger partial charge on any atom is -0.394 e. The molecule has 1 heterocycles. The van der Waals surface area contributed by atoms with Crippen LogP contribution in [0.25, 0.3) is 0 Å². The van der Waals surface area contributed by atoms with E-state index in [1.807, 2.05) is 6.92 Å². The number of nitroso groups, excluding NO2 is 1. The normalized spacial score (nSPS) is 43.6. The first-order valence-electron chi connectivity index (χ1n) is 6.63. The van der Waals surface area contributed by atoms with Crippen molar-refractivity contribution in [2.75, 3.05) is 6.61 Å². The summed E-state index contributed by atoms with van der Waals surface area (Å²) < 4.78 is 5.30. The van der Waals surface area contributed by atoms with Gasteiger partial charge in [-0.2, -0.15) is 0 Å². The Hall–Kier alpha value is -1.15. The Morgan fingerprint density at radius 2 is 2.15 bits per heavy atom. The molecule has 0 saturated carbocycles. The molecule has 1 aliphatic heterocycles. The van der Waals surface area contributed by atoms with Gasteiger partial charge in [0.25, 0.3) is 0 Å². The van der Waals surface area contributed by atoms with E-state index in [1.54, 1.807) is 13.0 Å². The number of aliphatic imine (C=N–C) groups is 1. The highest BCUT2D eigenvalue weighted by atomic mass is 16.6. The van der Waals surface area contributed by atoms with Crippen LogP contribution in [0.3, 0.4) is 0 Å². The summed E-state index contributed by atoms with van der Waals surface area (Å²) in [5.41, 5.74) is 0.549. The van der Waals surface area contributed by atoms with Crippen LogP contribution in [0.4, 0.5) is 0 Å².